The third-order valence-corrected chi connectivity index (χ3v) is 7.30. The molecule has 1 fully saturated rings. The topological polar surface area (TPSA) is 88.1 Å². The molecule has 3 rings (SSSR count). The van der Waals surface area contributed by atoms with Crippen LogP contribution in [0.25, 0.3) is 0 Å². The van der Waals surface area contributed by atoms with Crippen molar-refractivity contribution in [2.24, 2.45) is 5.92 Å². The number of benzene rings is 2. The minimum atomic E-state index is -3.12. The molecule has 2 aromatic rings. The summed E-state index contributed by atoms with van der Waals surface area (Å²) < 4.78 is 39.2. The monoisotopic (exact) mass is 546 g/mol. The molecule has 2 amide bonds. The van der Waals surface area contributed by atoms with E-state index in [1.807, 2.05) is 77.1 Å². The lowest BCUT2D eigenvalue weighted by molar-refractivity contribution is -0.175. The number of carbonyl (C=O) groups is 2. The minimum Gasteiger partial charge on any atom is -0.493 e. The van der Waals surface area contributed by atoms with Crippen LogP contribution in [-0.2, 0) is 11.2 Å². The minimum absolute atomic E-state index is 0.0465. The molecule has 39 heavy (non-hydrogen) atoms. The summed E-state index contributed by atoms with van der Waals surface area (Å²) in [6.45, 7) is 10.7. The van der Waals surface area contributed by atoms with E-state index in [4.69, 9.17) is 9.47 Å². The van der Waals surface area contributed by atoms with Gasteiger partial charge in [-0.1, -0.05) is 37.3 Å². The van der Waals surface area contributed by atoms with Gasteiger partial charge in [0.15, 0.2) is 5.54 Å². The van der Waals surface area contributed by atoms with Crippen LogP contribution in [0.15, 0.2) is 42.5 Å². The lowest BCUT2D eigenvalue weighted by atomic mass is 9.73. The van der Waals surface area contributed by atoms with Gasteiger partial charge in [-0.05, 0) is 69.7 Å². The number of carboxylic acid groups (broad SMARTS) is 1. The molecule has 1 unspecified atom stereocenters. The highest BCUT2D eigenvalue weighted by atomic mass is 19.3. The van der Waals surface area contributed by atoms with Gasteiger partial charge < -0.3 is 24.8 Å². The average molecular weight is 547 g/mol. The van der Waals surface area contributed by atoms with Gasteiger partial charge in [0.1, 0.15) is 11.5 Å². The molecule has 0 aliphatic heterocycles. The second-order valence-electron chi connectivity index (χ2n) is 10.5. The van der Waals surface area contributed by atoms with Crippen molar-refractivity contribution in [3.63, 3.8) is 0 Å². The maximum atomic E-state index is 13.8. The van der Waals surface area contributed by atoms with Crippen molar-refractivity contribution in [1.29, 1.82) is 0 Å². The van der Waals surface area contributed by atoms with Gasteiger partial charge in [-0.3, -0.25) is 0 Å². The number of alkyl halides is 2. The predicted octanol–water partition coefficient (Wildman–Crippen LogP) is 6.39. The lowest BCUT2D eigenvalue weighted by Gasteiger charge is -2.45. The van der Waals surface area contributed by atoms with Crippen LogP contribution < -0.4 is 14.8 Å². The van der Waals surface area contributed by atoms with Crippen LogP contribution in [0, 0.1) is 12.8 Å². The number of urea groups is 1. The zero-order valence-electron chi connectivity index (χ0n) is 23.4. The number of nitrogens with zero attached hydrogens (tertiary/aromatic N) is 1. The van der Waals surface area contributed by atoms with Gasteiger partial charge >= 0.3 is 12.0 Å². The second kappa shape index (κ2) is 12.7. The number of carbonyl (C=O) groups excluding carboxylic acids is 1. The second-order valence-corrected chi connectivity index (χ2v) is 10.5. The Morgan fingerprint density at radius 3 is 2.10 bits per heavy atom. The summed E-state index contributed by atoms with van der Waals surface area (Å²) in [4.78, 5) is 27.1. The zero-order valence-corrected chi connectivity index (χ0v) is 23.4. The van der Waals surface area contributed by atoms with Gasteiger partial charge in [-0.15, -0.1) is 0 Å². The molecule has 1 aliphatic rings. The fraction of sp³-hybridized carbons (Fsp3) is 0.533. The predicted molar refractivity (Wildman–Crippen MR) is 146 cm³/mol. The average Bonchev–Trinajstić information content (AvgIpc) is 2.87. The molecule has 0 aromatic heterocycles. The maximum Gasteiger partial charge on any atom is 0.329 e. The zero-order chi connectivity index (χ0) is 28.8. The number of halogens is 2. The van der Waals surface area contributed by atoms with Crippen molar-refractivity contribution in [3.8, 4) is 11.5 Å². The molecule has 2 aromatic carbocycles. The van der Waals surface area contributed by atoms with Crippen molar-refractivity contribution in [2.75, 3.05) is 19.8 Å². The van der Waals surface area contributed by atoms with Crippen molar-refractivity contribution in [2.45, 2.75) is 77.8 Å². The molecule has 1 saturated carbocycles. The smallest absolute Gasteiger partial charge is 0.329 e. The van der Waals surface area contributed by atoms with Gasteiger partial charge in [0.25, 0.3) is 5.92 Å². The summed E-state index contributed by atoms with van der Waals surface area (Å²) in [5, 5.41) is 12.2. The number of amides is 2. The van der Waals surface area contributed by atoms with Crippen LogP contribution in [0.3, 0.4) is 0 Å². The summed E-state index contributed by atoms with van der Waals surface area (Å²) in [7, 11) is 0. The van der Waals surface area contributed by atoms with E-state index in [9.17, 15) is 23.5 Å². The van der Waals surface area contributed by atoms with Crippen LogP contribution in [0.5, 0.6) is 11.5 Å². The molecular formula is C30H40F2N2O5. The van der Waals surface area contributed by atoms with Crippen molar-refractivity contribution < 1.29 is 33.0 Å². The maximum absolute atomic E-state index is 13.8. The Bertz CT molecular complexity index is 1110. The standard InChI is InChI=1S/C30H40F2N2O5/c1-6-38-25-15-24(16-26(21(25)4)39-7-2)22(5)34(17-20(3)13-14-23-11-9-8-10-12-23)28(37)33-29(27(35)36)18-30(31,32)19-29/h8-12,15-16,20,22H,6-7,13-14,17-19H2,1-5H3,(H,33,37)(H,35,36)/t20?,22-/m1/s1. The number of aliphatic carboxylic acids is 1. The Morgan fingerprint density at radius 1 is 1.05 bits per heavy atom. The van der Waals surface area contributed by atoms with Crippen LogP contribution >= 0.6 is 0 Å². The number of carboxylic acids is 1. The molecule has 9 heteroatoms. The summed E-state index contributed by atoms with van der Waals surface area (Å²) in [6.07, 6.45) is -0.268. The Morgan fingerprint density at radius 2 is 1.62 bits per heavy atom. The number of ether oxygens (including phenoxy) is 2. The van der Waals surface area contributed by atoms with E-state index in [2.05, 4.69) is 5.32 Å². The molecule has 7 nitrogen and oxygen atoms in total. The molecule has 214 valence electrons. The molecule has 0 heterocycles. The SMILES string of the molecule is CCOc1cc([C@@H](C)N(CC(C)CCc2ccccc2)C(=O)NC2(C(=O)O)CC(F)(F)C2)cc(OCC)c1C. The van der Waals surface area contributed by atoms with Gasteiger partial charge in [0.05, 0.1) is 19.3 Å². The lowest BCUT2D eigenvalue weighted by Crippen LogP contribution is -2.68. The summed E-state index contributed by atoms with van der Waals surface area (Å²) in [5.74, 6) is -3.28. The third kappa shape index (κ3) is 7.40. The van der Waals surface area contributed by atoms with Crippen molar-refractivity contribution in [1.82, 2.24) is 10.2 Å². The fourth-order valence-corrected chi connectivity index (χ4v) is 5.02. The van der Waals surface area contributed by atoms with Crippen LogP contribution in [0.1, 0.15) is 69.7 Å². The summed E-state index contributed by atoms with van der Waals surface area (Å²) in [6, 6.07) is 12.5. The van der Waals surface area contributed by atoms with E-state index in [0.29, 0.717) is 31.3 Å². The molecule has 0 radical (unpaired) electrons. The summed E-state index contributed by atoms with van der Waals surface area (Å²) >= 11 is 0. The fourth-order valence-electron chi connectivity index (χ4n) is 5.02. The number of rotatable bonds is 13. The number of nitrogens with one attached hydrogen (secondary N) is 1. The van der Waals surface area contributed by atoms with Gasteiger partial charge in [-0.2, -0.15) is 0 Å². The largest absolute Gasteiger partial charge is 0.493 e. The Hall–Kier alpha value is -3.36. The summed E-state index contributed by atoms with van der Waals surface area (Å²) in [5.41, 5.74) is 0.757. The number of hydrogen-bond acceptors (Lipinski definition) is 4. The molecular weight excluding hydrogens is 506 g/mol. The first-order valence-electron chi connectivity index (χ1n) is 13.6. The van der Waals surface area contributed by atoms with Crippen LogP contribution in [-0.4, -0.2) is 53.2 Å². The Kier molecular flexibility index (Phi) is 9.80. The van der Waals surface area contributed by atoms with E-state index in [1.54, 1.807) is 0 Å². The number of aryl methyl sites for hydroxylation is 1. The quantitative estimate of drug-likeness (QED) is 0.304. The van der Waals surface area contributed by atoms with Crippen LogP contribution in [0.4, 0.5) is 13.6 Å². The normalized spacial score (nSPS) is 16.9. The Balaban J connectivity index is 1.90. The molecule has 1 aliphatic carbocycles. The van der Waals surface area contributed by atoms with E-state index >= 15 is 0 Å². The molecule has 0 saturated heterocycles. The first kappa shape index (κ1) is 30.2. The molecule has 0 spiro atoms. The molecule has 2 atom stereocenters. The molecule has 2 N–H and O–H groups in total. The van der Waals surface area contributed by atoms with E-state index < -0.39 is 42.3 Å². The van der Waals surface area contributed by atoms with Gasteiger partial charge in [0, 0.05) is 24.9 Å². The highest BCUT2D eigenvalue weighted by molar-refractivity contribution is 5.88. The van der Waals surface area contributed by atoms with Crippen LogP contribution in [0.2, 0.25) is 0 Å². The van der Waals surface area contributed by atoms with Crippen molar-refractivity contribution >= 4 is 12.0 Å². The Labute approximate surface area is 229 Å². The first-order valence-corrected chi connectivity index (χ1v) is 13.6. The van der Waals surface area contributed by atoms with Gasteiger partial charge in [-0.25, -0.2) is 18.4 Å². The highest BCUT2D eigenvalue weighted by Gasteiger charge is 2.62. The van der Waals surface area contributed by atoms with E-state index in [0.717, 1.165) is 24.0 Å². The third-order valence-electron chi connectivity index (χ3n) is 7.30. The first-order chi connectivity index (χ1) is 18.4. The van der Waals surface area contributed by atoms with Crippen molar-refractivity contribution in [3.05, 3.63) is 59.2 Å². The van der Waals surface area contributed by atoms with E-state index in [1.165, 1.54) is 10.5 Å². The molecule has 0 bridgehead atoms. The van der Waals surface area contributed by atoms with E-state index in [-0.39, 0.29) is 5.92 Å². The number of hydrogen-bond donors (Lipinski definition) is 2. The highest BCUT2D eigenvalue weighted by Crippen LogP contribution is 2.46. The van der Waals surface area contributed by atoms with Gasteiger partial charge in [0.2, 0.25) is 0 Å².